The second kappa shape index (κ2) is 8.58. The molecule has 0 aromatic carbocycles. The minimum atomic E-state index is -4.63. The van der Waals surface area contributed by atoms with Crippen LogP contribution in [0.5, 0.6) is 0 Å². The average Bonchev–Trinajstić information content (AvgIpc) is 2.93. The summed E-state index contributed by atoms with van der Waals surface area (Å²) in [5, 5.41) is 2.97. The van der Waals surface area contributed by atoms with E-state index < -0.39 is 12.0 Å². The Balaban J connectivity index is 2.39. The van der Waals surface area contributed by atoms with Gasteiger partial charge in [-0.15, -0.1) is 0 Å². The molecule has 0 bridgehead atoms. The first-order chi connectivity index (χ1) is 12.0. The summed E-state index contributed by atoms with van der Waals surface area (Å²) in [6.07, 6.45) is 12.2. The lowest BCUT2D eigenvalue weighted by Gasteiger charge is -2.09. The fraction of sp³-hybridized carbons (Fsp3) is 0.263. The molecule has 1 N–H and O–H groups in total. The van der Waals surface area contributed by atoms with Crippen molar-refractivity contribution >= 4 is 12.6 Å². The van der Waals surface area contributed by atoms with E-state index in [1.54, 1.807) is 19.2 Å². The van der Waals surface area contributed by atoms with Crippen LogP contribution in [0, 0.1) is 0 Å². The van der Waals surface area contributed by atoms with Crippen LogP contribution in [0.15, 0.2) is 81.0 Å². The molecule has 0 atom stereocenters. The topological polar surface area (TPSA) is 36.8 Å². The summed E-state index contributed by atoms with van der Waals surface area (Å²) >= 11 is 0. The van der Waals surface area contributed by atoms with Crippen molar-refractivity contribution < 1.29 is 13.2 Å². The number of nitrogens with one attached hydrogen (secondary N) is 1. The normalized spacial score (nSPS) is 18.6. The highest BCUT2D eigenvalue weighted by Gasteiger charge is 2.35. The van der Waals surface area contributed by atoms with Crippen LogP contribution in [0.1, 0.15) is 12.8 Å². The molecule has 0 aromatic rings. The standard InChI is InChI=1S/C19H20F3N3/c1-23-13-16-10-9-15(14-7-5-3-4-6-8-14)11-12-17(16)25-18(24-2)19(20,21)22/h3,5-9,11-12,23H,2,4,10,13H2,1H3. The Kier molecular flexibility index (Phi) is 6.47. The Bertz CT molecular complexity index is 730. The zero-order chi connectivity index (χ0) is 18.3. The van der Waals surface area contributed by atoms with Gasteiger partial charge in [-0.25, -0.2) is 9.98 Å². The quantitative estimate of drug-likeness (QED) is 0.592. The van der Waals surface area contributed by atoms with Gasteiger partial charge in [0.25, 0.3) is 0 Å². The highest BCUT2D eigenvalue weighted by atomic mass is 19.4. The zero-order valence-corrected chi connectivity index (χ0v) is 14.0. The molecule has 0 aromatic heterocycles. The average molecular weight is 347 g/mol. The molecule has 0 spiro atoms. The monoisotopic (exact) mass is 347 g/mol. The zero-order valence-electron chi connectivity index (χ0n) is 14.0. The predicted molar refractivity (Wildman–Crippen MR) is 96.8 cm³/mol. The fourth-order valence-corrected chi connectivity index (χ4v) is 2.47. The molecule has 0 saturated heterocycles. The molecule has 0 radical (unpaired) electrons. The van der Waals surface area contributed by atoms with Gasteiger partial charge in [0, 0.05) is 6.54 Å². The Morgan fingerprint density at radius 1 is 1.20 bits per heavy atom. The van der Waals surface area contributed by atoms with Crippen molar-refractivity contribution in [1.29, 1.82) is 0 Å². The van der Waals surface area contributed by atoms with E-state index >= 15 is 0 Å². The summed E-state index contributed by atoms with van der Waals surface area (Å²) in [5.74, 6) is -1.24. The molecule has 0 saturated carbocycles. The van der Waals surface area contributed by atoms with Gasteiger partial charge in [-0.05, 0) is 49.4 Å². The summed E-state index contributed by atoms with van der Waals surface area (Å²) < 4.78 is 38.8. The predicted octanol–water partition coefficient (Wildman–Crippen LogP) is 4.45. The van der Waals surface area contributed by atoms with Gasteiger partial charge in [-0.2, -0.15) is 13.2 Å². The van der Waals surface area contributed by atoms with Gasteiger partial charge < -0.3 is 5.32 Å². The van der Waals surface area contributed by atoms with E-state index in [2.05, 4.69) is 22.0 Å². The van der Waals surface area contributed by atoms with Gasteiger partial charge in [-0.3, -0.25) is 0 Å². The molecule has 2 rings (SSSR count). The van der Waals surface area contributed by atoms with Crippen molar-refractivity contribution in [3.05, 3.63) is 71.0 Å². The summed E-state index contributed by atoms with van der Waals surface area (Å²) in [4.78, 5) is 6.75. The maximum atomic E-state index is 12.9. The van der Waals surface area contributed by atoms with E-state index in [0.29, 0.717) is 13.0 Å². The number of nitrogens with zero attached hydrogens (tertiary/aromatic N) is 2. The summed E-state index contributed by atoms with van der Waals surface area (Å²) in [7, 11) is 1.74. The number of hydrogen-bond donors (Lipinski definition) is 1. The Labute approximate surface area is 145 Å². The van der Waals surface area contributed by atoms with Gasteiger partial charge in [0.2, 0.25) is 5.84 Å². The first-order valence-electron chi connectivity index (χ1n) is 7.87. The second-order valence-electron chi connectivity index (χ2n) is 5.50. The molecule has 0 aliphatic heterocycles. The van der Waals surface area contributed by atoms with Crippen molar-refractivity contribution in [3.8, 4) is 0 Å². The third-order valence-corrected chi connectivity index (χ3v) is 3.69. The van der Waals surface area contributed by atoms with Crippen LogP contribution >= 0.6 is 0 Å². The molecular formula is C19H20F3N3. The SMILES string of the molecule is C=NC(=NC1=C(CNC)CC=C(C2=CC=CCC=C2)C=C1)C(F)(F)F. The number of likely N-dealkylation sites (N-methyl/N-ethyl adjacent to an activating group) is 1. The van der Waals surface area contributed by atoms with Crippen molar-refractivity contribution in [2.45, 2.75) is 19.0 Å². The summed E-state index contributed by atoms with van der Waals surface area (Å²) in [6.45, 7) is 3.42. The van der Waals surface area contributed by atoms with Gasteiger partial charge in [0.05, 0.1) is 5.70 Å². The molecule has 25 heavy (non-hydrogen) atoms. The highest BCUT2D eigenvalue weighted by Crippen LogP contribution is 2.26. The first-order valence-corrected chi connectivity index (χ1v) is 7.87. The van der Waals surface area contributed by atoms with E-state index in [4.69, 9.17) is 0 Å². The second-order valence-corrected chi connectivity index (χ2v) is 5.50. The highest BCUT2D eigenvalue weighted by molar-refractivity contribution is 5.92. The number of alkyl halides is 3. The number of halogens is 3. The van der Waals surface area contributed by atoms with Crippen molar-refractivity contribution in [2.24, 2.45) is 9.98 Å². The molecular weight excluding hydrogens is 327 g/mol. The van der Waals surface area contributed by atoms with Gasteiger partial charge in [0.15, 0.2) is 0 Å². The van der Waals surface area contributed by atoms with E-state index in [1.807, 2.05) is 36.5 Å². The number of hydrogen-bond acceptors (Lipinski definition) is 2. The van der Waals surface area contributed by atoms with E-state index in [9.17, 15) is 13.2 Å². The van der Waals surface area contributed by atoms with Crippen LogP contribution in [-0.4, -0.2) is 32.3 Å². The lowest BCUT2D eigenvalue weighted by atomic mass is 10.0. The molecule has 6 heteroatoms. The number of aliphatic imine (C=N–C) groups is 2. The van der Waals surface area contributed by atoms with Gasteiger partial charge >= 0.3 is 6.18 Å². The van der Waals surface area contributed by atoms with E-state index in [0.717, 1.165) is 23.1 Å². The Morgan fingerprint density at radius 3 is 2.68 bits per heavy atom. The summed E-state index contributed by atoms with van der Waals surface area (Å²) in [5.41, 5.74) is 2.97. The maximum Gasteiger partial charge on any atom is 0.451 e. The van der Waals surface area contributed by atoms with Crippen molar-refractivity contribution in [3.63, 3.8) is 0 Å². The molecule has 0 unspecified atom stereocenters. The van der Waals surface area contributed by atoms with Crippen molar-refractivity contribution in [1.82, 2.24) is 5.32 Å². The Hall–Kier alpha value is -2.47. The molecule has 2 aliphatic rings. The first kappa shape index (κ1) is 18.9. The molecule has 132 valence electrons. The minimum Gasteiger partial charge on any atom is -0.316 e. The smallest absolute Gasteiger partial charge is 0.316 e. The number of rotatable bonds is 4. The van der Waals surface area contributed by atoms with Crippen LogP contribution in [-0.2, 0) is 0 Å². The molecule has 2 aliphatic carbocycles. The third-order valence-electron chi connectivity index (χ3n) is 3.69. The lowest BCUT2D eigenvalue weighted by Crippen LogP contribution is -2.21. The van der Waals surface area contributed by atoms with Crippen LogP contribution in [0.25, 0.3) is 0 Å². The molecule has 0 amide bonds. The van der Waals surface area contributed by atoms with Crippen LogP contribution in [0.3, 0.4) is 0 Å². The minimum absolute atomic E-state index is 0.258. The third kappa shape index (κ3) is 5.26. The van der Waals surface area contributed by atoms with E-state index in [1.165, 1.54) is 0 Å². The van der Waals surface area contributed by atoms with Crippen LogP contribution in [0.2, 0.25) is 0 Å². The van der Waals surface area contributed by atoms with E-state index in [-0.39, 0.29) is 5.70 Å². The molecule has 0 fully saturated rings. The Morgan fingerprint density at radius 2 is 2.00 bits per heavy atom. The molecule has 0 heterocycles. The van der Waals surface area contributed by atoms with Gasteiger partial charge in [-0.1, -0.05) is 42.5 Å². The largest absolute Gasteiger partial charge is 0.451 e. The lowest BCUT2D eigenvalue weighted by molar-refractivity contribution is -0.0596. The van der Waals surface area contributed by atoms with Gasteiger partial charge in [0.1, 0.15) is 0 Å². The summed E-state index contributed by atoms with van der Waals surface area (Å²) in [6, 6.07) is 0. The van der Waals surface area contributed by atoms with Crippen LogP contribution < -0.4 is 5.32 Å². The molecule has 3 nitrogen and oxygen atoms in total. The fourth-order valence-electron chi connectivity index (χ4n) is 2.47. The van der Waals surface area contributed by atoms with Crippen molar-refractivity contribution in [2.75, 3.05) is 13.6 Å². The number of allylic oxidation sites excluding steroid dienone is 10. The maximum absolute atomic E-state index is 12.9. The number of amidine groups is 1. The van der Waals surface area contributed by atoms with Crippen LogP contribution in [0.4, 0.5) is 13.2 Å².